The summed E-state index contributed by atoms with van der Waals surface area (Å²) in [5, 5.41) is 16.3. The molecule has 0 aromatic heterocycles. The molecule has 4 unspecified atom stereocenters. The number of piperidine rings is 1. The molecule has 0 aromatic carbocycles. The molecule has 3 N–H and O–H groups in total. The number of fused-ring (bicyclic) bond motifs is 1. The lowest BCUT2D eigenvalue weighted by Gasteiger charge is -2.41. The molecule has 0 amide bonds. The quantitative estimate of drug-likeness (QED) is 0.572. The summed E-state index contributed by atoms with van der Waals surface area (Å²) in [7, 11) is 1.83. The summed E-state index contributed by atoms with van der Waals surface area (Å²) in [6.07, 6.45) is 6.32. The van der Waals surface area contributed by atoms with Gasteiger partial charge in [-0.1, -0.05) is 12.8 Å². The van der Waals surface area contributed by atoms with Crippen LogP contribution in [0, 0.1) is 11.8 Å². The Balaban J connectivity index is 1.89. The first-order chi connectivity index (χ1) is 6.81. The van der Waals surface area contributed by atoms with Crippen molar-refractivity contribution in [3.05, 3.63) is 0 Å². The molecule has 4 atom stereocenters. The second kappa shape index (κ2) is 4.60. The van der Waals surface area contributed by atoms with Crippen LogP contribution in [0.4, 0.5) is 0 Å². The van der Waals surface area contributed by atoms with E-state index >= 15 is 0 Å². The molecule has 2 aliphatic rings. The second-order valence-corrected chi connectivity index (χ2v) is 4.79. The normalized spacial score (nSPS) is 40.3. The van der Waals surface area contributed by atoms with Gasteiger partial charge in [-0.05, 0) is 32.2 Å². The van der Waals surface area contributed by atoms with E-state index in [9.17, 15) is 5.11 Å². The van der Waals surface area contributed by atoms with Crippen LogP contribution in [0.25, 0.3) is 0 Å². The Morgan fingerprint density at radius 2 is 2.14 bits per heavy atom. The lowest BCUT2D eigenvalue weighted by Crippen LogP contribution is -2.51. The van der Waals surface area contributed by atoms with Crippen LogP contribution in [0.3, 0.4) is 0 Å². The van der Waals surface area contributed by atoms with Gasteiger partial charge in [-0.2, -0.15) is 0 Å². The highest BCUT2D eigenvalue weighted by Crippen LogP contribution is 2.33. The van der Waals surface area contributed by atoms with Gasteiger partial charge in [-0.15, -0.1) is 0 Å². The summed E-state index contributed by atoms with van der Waals surface area (Å²) in [4.78, 5) is 0. The van der Waals surface area contributed by atoms with Crippen molar-refractivity contribution in [3.63, 3.8) is 0 Å². The summed E-state index contributed by atoms with van der Waals surface area (Å²) in [5.41, 5.74) is 0. The zero-order chi connectivity index (χ0) is 9.97. The molecule has 0 bridgehead atoms. The number of aliphatic hydroxyl groups excluding tert-OH is 1. The molecule has 1 saturated carbocycles. The molecule has 1 aliphatic carbocycles. The maximum Gasteiger partial charge on any atom is 0.108 e. The van der Waals surface area contributed by atoms with Crippen LogP contribution in [-0.4, -0.2) is 31.0 Å². The zero-order valence-electron chi connectivity index (χ0n) is 9.00. The summed E-state index contributed by atoms with van der Waals surface area (Å²) < 4.78 is 0. The Labute approximate surface area is 86.3 Å². The van der Waals surface area contributed by atoms with Crippen molar-refractivity contribution >= 4 is 0 Å². The van der Waals surface area contributed by atoms with Crippen LogP contribution in [0.5, 0.6) is 0 Å². The average Bonchev–Trinajstić information content (AvgIpc) is 2.27. The predicted octanol–water partition coefficient (Wildman–Crippen LogP) is 0.692. The van der Waals surface area contributed by atoms with Gasteiger partial charge in [0, 0.05) is 18.5 Å². The zero-order valence-corrected chi connectivity index (χ0v) is 9.00. The van der Waals surface area contributed by atoms with E-state index in [0.29, 0.717) is 5.92 Å². The highest BCUT2D eigenvalue weighted by molar-refractivity contribution is 4.89. The minimum atomic E-state index is -0.328. The van der Waals surface area contributed by atoms with Crippen molar-refractivity contribution in [3.8, 4) is 0 Å². The van der Waals surface area contributed by atoms with E-state index in [2.05, 4.69) is 10.6 Å². The lowest BCUT2D eigenvalue weighted by molar-refractivity contribution is 0.0362. The lowest BCUT2D eigenvalue weighted by atomic mass is 9.76. The highest BCUT2D eigenvalue weighted by atomic mass is 16.3. The number of aliphatic hydroxyl groups is 1. The molecule has 2 rings (SSSR count). The molecule has 1 saturated heterocycles. The third-order valence-corrected chi connectivity index (χ3v) is 3.90. The molecule has 3 nitrogen and oxygen atoms in total. The molecule has 2 fully saturated rings. The van der Waals surface area contributed by atoms with Gasteiger partial charge in [0.15, 0.2) is 0 Å². The summed E-state index contributed by atoms with van der Waals surface area (Å²) in [6, 6.07) is 0.740. The number of hydrogen-bond donors (Lipinski definition) is 3. The summed E-state index contributed by atoms with van der Waals surface area (Å²) >= 11 is 0. The van der Waals surface area contributed by atoms with Gasteiger partial charge in [0.05, 0.1) is 0 Å². The van der Waals surface area contributed by atoms with E-state index in [0.717, 1.165) is 18.5 Å². The van der Waals surface area contributed by atoms with Crippen molar-refractivity contribution in [2.24, 2.45) is 11.8 Å². The third-order valence-electron chi connectivity index (χ3n) is 3.90. The molecule has 0 spiro atoms. The SMILES string of the molecule is CNC(O)C1CNC2CCCCC2C1. The van der Waals surface area contributed by atoms with E-state index in [1.54, 1.807) is 0 Å². The van der Waals surface area contributed by atoms with Crippen LogP contribution in [-0.2, 0) is 0 Å². The molecule has 14 heavy (non-hydrogen) atoms. The van der Waals surface area contributed by atoms with Gasteiger partial charge in [-0.25, -0.2) is 0 Å². The van der Waals surface area contributed by atoms with Crippen LogP contribution in [0.15, 0.2) is 0 Å². The molecule has 0 aromatic rings. The first kappa shape index (κ1) is 10.4. The molecule has 1 heterocycles. The number of nitrogens with one attached hydrogen (secondary N) is 2. The Morgan fingerprint density at radius 1 is 1.36 bits per heavy atom. The molecule has 82 valence electrons. The Bertz CT molecular complexity index is 186. The van der Waals surface area contributed by atoms with Gasteiger partial charge >= 0.3 is 0 Å². The average molecular weight is 198 g/mol. The molecule has 1 aliphatic heterocycles. The van der Waals surface area contributed by atoms with Gasteiger partial charge < -0.3 is 10.4 Å². The highest BCUT2D eigenvalue weighted by Gasteiger charge is 2.34. The topological polar surface area (TPSA) is 44.3 Å². The molecule has 3 heteroatoms. The van der Waals surface area contributed by atoms with Gasteiger partial charge in [0.1, 0.15) is 6.23 Å². The fraction of sp³-hybridized carbons (Fsp3) is 1.00. The predicted molar refractivity (Wildman–Crippen MR) is 56.9 cm³/mol. The maximum atomic E-state index is 9.72. The Morgan fingerprint density at radius 3 is 2.93 bits per heavy atom. The first-order valence-electron chi connectivity index (χ1n) is 5.90. The Kier molecular flexibility index (Phi) is 3.42. The Hall–Kier alpha value is -0.120. The minimum Gasteiger partial charge on any atom is -0.378 e. The fourth-order valence-corrected chi connectivity index (χ4v) is 3.01. The van der Waals surface area contributed by atoms with Crippen LogP contribution < -0.4 is 10.6 Å². The maximum absolute atomic E-state index is 9.72. The number of rotatable bonds is 2. The fourth-order valence-electron chi connectivity index (χ4n) is 3.01. The van der Waals surface area contributed by atoms with Gasteiger partial charge in [0.2, 0.25) is 0 Å². The van der Waals surface area contributed by atoms with E-state index in [-0.39, 0.29) is 6.23 Å². The third kappa shape index (κ3) is 2.10. The van der Waals surface area contributed by atoms with Crippen LogP contribution in [0.1, 0.15) is 32.1 Å². The number of hydrogen-bond acceptors (Lipinski definition) is 3. The first-order valence-corrected chi connectivity index (χ1v) is 5.90. The molecule has 0 radical (unpaired) electrons. The monoisotopic (exact) mass is 198 g/mol. The van der Waals surface area contributed by atoms with E-state index in [4.69, 9.17) is 0 Å². The molecular formula is C11H22N2O. The van der Waals surface area contributed by atoms with Crippen molar-refractivity contribution in [2.45, 2.75) is 44.4 Å². The van der Waals surface area contributed by atoms with Crippen molar-refractivity contribution in [2.75, 3.05) is 13.6 Å². The molecular weight excluding hydrogens is 176 g/mol. The summed E-state index contributed by atoms with van der Waals surface area (Å²) in [5.74, 6) is 1.21. The van der Waals surface area contributed by atoms with Crippen molar-refractivity contribution in [1.29, 1.82) is 0 Å². The van der Waals surface area contributed by atoms with E-state index in [1.807, 2.05) is 7.05 Å². The van der Waals surface area contributed by atoms with E-state index in [1.165, 1.54) is 32.1 Å². The van der Waals surface area contributed by atoms with E-state index < -0.39 is 0 Å². The van der Waals surface area contributed by atoms with Gasteiger partial charge in [0.25, 0.3) is 0 Å². The van der Waals surface area contributed by atoms with Crippen molar-refractivity contribution in [1.82, 2.24) is 10.6 Å². The van der Waals surface area contributed by atoms with Crippen molar-refractivity contribution < 1.29 is 5.11 Å². The smallest absolute Gasteiger partial charge is 0.108 e. The second-order valence-electron chi connectivity index (χ2n) is 4.79. The largest absolute Gasteiger partial charge is 0.378 e. The summed E-state index contributed by atoms with van der Waals surface area (Å²) in [6.45, 7) is 0.975. The standard InChI is InChI=1S/C11H22N2O/c1-12-11(14)9-6-8-4-2-3-5-10(8)13-7-9/h8-14H,2-7H2,1H3. The van der Waals surface area contributed by atoms with Crippen LogP contribution >= 0.6 is 0 Å². The van der Waals surface area contributed by atoms with Gasteiger partial charge in [-0.3, -0.25) is 5.32 Å². The van der Waals surface area contributed by atoms with Crippen LogP contribution in [0.2, 0.25) is 0 Å². The minimum absolute atomic E-state index is 0.328.